The molecular formula is C20H23NO5S. The number of hydrogen-bond acceptors (Lipinski definition) is 5. The number of rotatable bonds is 10. The van der Waals surface area contributed by atoms with Crippen LogP contribution >= 0.6 is 11.8 Å². The Balaban J connectivity index is 1.96. The summed E-state index contributed by atoms with van der Waals surface area (Å²) in [7, 11) is 0. The van der Waals surface area contributed by atoms with E-state index in [-0.39, 0.29) is 11.2 Å². The highest BCUT2D eigenvalue weighted by Gasteiger charge is 2.14. The summed E-state index contributed by atoms with van der Waals surface area (Å²) in [6.07, 6.45) is 0. The summed E-state index contributed by atoms with van der Waals surface area (Å²) in [5, 5.41) is 11.9. The molecule has 0 saturated heterocycles. The summed E-state index contributed by atoms with van der Waals surface area (Å²) in [4.78, 5) is 24.2. The van der Waals surface area contributed by atoms with Crippen molar-refractivity contribution in [2.75, 3.05) is 19.8 Å². The minimum absolute atomic E-state index is 0.209. The Morgan fingerprint density at radius 3 is 2.52 bits per heavy atom. The molecule has 7 heteroatoms. The molecule has 0 bridgehead atoms. The van der Waals surface area contributed by atoms with E-state index in [1.54, 1.807) is 36.9 Å². The maximum Gasteiger partial charge on any atom is 0.341 e. The van der Waals surface area contributed by atoms with Gasteiger partial charge in [-0.25, -0.2) is 4.79 Å². The number of benzene rings is 2. The van der Waals surface area contributed by atoms with Gasteiger partial charge in [0, 0.05) is 22.3 Å². The predicted molar refractivity (Wildman–Crippen MR) is 105 cm³/mol. The Hall–Kier alpha value is -2.67. The zero-order valence-electron chi connectivity index (χ0n) is 15.3. The summed E-state index contributed by atoms with van der Waals surface area (Å²) >= 11 is 1.69. The molecule has 0 heterocycles. The largest absolute Gasteiger partial charge is 0.490 e. The predicted octanol–water partition coefficient (Wildman–Crippen LogP) is 3.46. The number of carboxylic acid groups (broad SMARTS) is 1. The van der Waals surface area contributed by atoms with Crippen LogP contribution in [0.4, 0.5) is 0 Å². The zero-order chi connectivity index (χ0) is 19.6. The third kappa shape index (κ3) is 6.86. The monoisotopic (exact) mass is 389 g/mol. The van der Waals surface area contributed by atoms with E-state index in [1.165, 1.54) is 0 Å². The van der Waals surface area contributed by atoms with Crippen LogP contribution in [0.2, 0.25) is 0 Å². The SMILES string of the molecule is CCOc1cc(C(=O)NCC(C)Sc2ccccc2)ccc1OCC(=O)O. The van der Waals surface area contributed by atoms with Crippen LogP contribution in [0.1, 0.15) is 24.2 Å². The quantitative estimate of drug-likeness (QED) is 0.606. The Kier molecular flexibility index (Phi) is 8.00. The van der Waals surface area contributed by atoms with Crippen molar-refractivity contribution in [3.63, 3.8) is 0 Å². The second-order valence-corrected chi connectivity index (χ2v) is 7.24. The first-order valence-corrected chi connectivity index (χ1v) is 9.49. The van der Waals surface area contributed by atoms with Gasteiger partial charge in [-0.2, -0.15) is 0 Å². The van der Waals surface area contributed by atoms with Crippen molar-refractivity contribution in [1.82, 2.24) is 5.32 Å². The highest BCUT2D eigenvalue weighted by Crippen LogP contribution is 2.28. The lowest BCUT2D eigenvalue weighted by molar-refractivity contribution is -0.139. The first-order valence-electron chi connectivity index (χ1n) is 8.61. The molecule has 1 atom stereocenters. The first-order chi connectivity index (χ1) is 13.0. The lowest BCUT2D eigenvalue weighted by atomic mass is 10.2. The van der Waals surface area contributed by atoms with Crippen LogP contribution in [0.15, 0.2) is 53.4 Å². The molecule has 0 saturated carbocycles. The Labute approximate surface area is 162 Å². The van der Waals surface area contributed by atoms with E-state index in [0.29, 0.717) is 30.2 Å². The number of nitrogens with one attached hydrogen (secondary N) is 1. The number of carbonyl (C=O) groups is 2. The maximum absolute atomic E-state index is 12.4. The summed E-state index contributed by atoms with van der Waals surface area (Å²) in [6, 6.07) is 14.7. The van der Waals surface area contributed by atoms with Crippen LogP contribution in [0.5, 0.6) is 11.5 Å². The second-order valence-electron chi connectivity index (χ2n) is 5.73. The van der Waals surface area contributed by atoms with Crippen LogP contribution < -0.4 is 14.8 Å². The Bertz CT molecular complexity index is 766. The van der Waals surface area contributed by atoms with Gasteiger partial charge < -0.3 is 19.9 Å². The number of aliphatic carboxylic acids is 1. The first kappa shape index (κ1) is 20.6. The number of carbonyl (C=O) groups excluding carboxylic acids is 1. The third-order valence-corrected chi connectivity index (χ3v) is 4.60. The fourth-order valence-corrected chi connectivity index (χ4v) is 3.23. The molecule has 2 aromatic rings. The summed E-state index contributed by atoms with van der Waals surface area (Å²) in [6.45, 7) is 4.27. The van der Waals surface area contributed by atoms with Gasteiger partial charge in [-0.15, -0.1) is 11.8 Å². The molecule has 0 aliphatic carbocycles. The lowest BCUT2D eigenvalue weighted by Gasteiger charge is -2.14. The lowest BCUT2D eigenvalue weighted by Crippen LogP contribution is -2.29. The summed E-state index contributed by atoms with van der Waals surface area (Å²) in [5.74, 6) is -0.660. The van der Waals surface area contributed by atoms with Crippen LogP contribution in [0.3, 0.4) is 0 Å². The third-order valence-electron chi connectivity index (χ3n) is 3.49. The number of carboxylic acids is 1. The van der Waals surface area contributed by atoms with Crippen molar-refractivity contribution < 1.29 is 24.2 Å². The molecule has 2 N–H and O–H groups in total. The van der Waals surface area contributed by atoms with E-state index < -0.39 is 12.6 Å². The van der Waals surface area contributed by atoms with Crippen LogP contribution in [-0.4, -0.2) is 42.0 Å². The van der Waals surface area contributed by atoms with E-state index in [9.17, 15) is 9.59 Å². The van der Waals surface area contributed by atoms with Crippen molar-refractivity contribution in [2.45, 2.75) is 24.0 Å². The highest BCUT2D eigenvalue weighted by atomic mass is 32.2. The van der Waals surface area contributed by atoms with E-state index >= 15 is 0 Å². The molecule has 0 aliphatic heterocycles. The fourth-order valence-electron chi connectivity index (χ4n) is 2.29. The molecule has 0 spiro atoms. The fraction of sp³-hybridized carbons (Fsp3) is 0.300. The standard InChI is InChI=1S/C20H23NO5S/c1-3-25-18-11-15(9-10-17(18)26-13-19(22)23)20(24)21-12-14(2)27-16-7-5-4-6-8-16/h4-11,14H,3,12-13H2,1-2H3,(H,21,24)(H,22,23). The van der Waals surface area contributed by atoms with Crippen molar-refractivity contribution in [3.8, 4) is 11.5 Å². The van der Waals surface area contributed by atoms with E-state index in [2.05, 4.69) is 5.32 Å². The molecule has 0 aromatic heterocycles. The number of hydrogen-bond donors (Lipinski definition) is 2. The average Bonchev–Trinajstić information content (AvgIpc) is 2.66. The van der Waals surface area contributed by atoms with E-state index in [1.807, 2.05) is 37.3 Å². The number of ether oxygens (including phenoxy) is 2. The molecule has 1 amide bonds. The Morgan fingerprint density at radius 1 is 1.11 bits per heavy atom. The molecule has 2 aromatic carbocycles. The van der Waals surface area contributed by atoms with Gasteiger partial charge in [-0.1, -0.05) is 25.1 Å². The minimum atomic E-state index is -1.08. The van der Waals surface area contributed by atoms with E-state index in [4.69, 9.17) is 14.6 Å². The average molecular weight is 389 g/mol. The molecule has 27 heavy (non-hydrogen) atoms. The number of thioether (sulfide) groups is 1. The second kappa shape index (κ2) is 10.5. The molecule has 0 aliphatic rings. The molecule has 2 rings (SSSR count). The molecule has 0 radical (unpaired) electrons. The van der Waals surface area contributed by atoms with Gasteiger partial charge in [0.25, 0.3) is 5.91 Å². The van der Waals surface area contributed by atoms with Gasteiger partial charge >= 0.3 is 5.97 Å². The van der Waals surface area contributed by atoms with Crippen molar-refractivity contribution in [2.24, 2.45) is 0 Å². The van der Waals surface area contributed by atoms with Crippen LogP contribution in [0.25, 0.3) is 0 Å². The minimum Gasteiger partial charge on any atom is -0.490 e. The van der Waals surface area contributed by atoms with Crippen LogP contribution in [-0.2, 0) is 4.79 Å². The van der Waals surface area contributed by atoms with Gasteiger partial charge in [0.2, 0.25) is 0 Å². The maximum atomic E-state index is 12.4. The normalized spacial score (nSPS) is 11.5. The topological polar surface area (TPSA) is 84.9 Å². The van der Waals surface area contributed by atoms with Gasteiger partial charge in [0.15, 0.2) is 18.1 Å². The summed E-state index contributed by atoms with van der Waals surface area (Å²) in [5.41, 5.74) is 0.429. The van der Waals surface area contributed by atoms with Crippen LogP contribution in [0, 0.1) is 0 Å². The highest BCUT2D eigenvalue weighted by molar-refractivity contribution is 8.00. The van der Waals surface area contributed by atoms with Gasteiger partial charge in [0.1, 0.15) is 0 Å². The van der Waals surface area contributed by atoms with Crippen molar-refractivity contribution in [1.29, 1.82) is 0 Å². The molecule has 144 valence electrons. The van der Waals surface area contributed by atoms with Crippen molar-refractivity contribution in [3.05, 3.63) is 54.1 Å². The summed E-state index contributed by atoms with van der Waals surface area (Å²) < 4.78 is 10.7. The Morgan fingerprint density at radius 2 is 1.85 bits per heavy atom. The molecule has 1 unspecified atom stereocenters. The zero-order valence-corrected chi connectivity index (χ0v) is 16.1. The van der Waals surface area contributed by atoms with E-state index in [0.717, 1.165) is 4.90 Å². The molecule has 0 fully saturated rings. The van der Waals surface area contributed by atoms with Gasteiger partial charge in [-0.3, -0.25) is 4.79 Å². The van der Waals surface area contributed by atoms with Gasteiger partial charge in [-0.05, 0) is 37.3 Å². The van der Waals surface area contributed by atoms with Crippen molar-refractivity contribution >= 4 is 23.6 Å². The number of amides is 1. The van der Waals surface area contributed by atoms with Gasteiger partial charge in [0.05, 0.1) is 6.61 Å². The molecular weight excluding hydrogens is 366 g/mol. The smallest absolute Gasteiger partial charge is 0.341 e. The molecule has 6 nitrogen and oxygen atoms in total.